The van der Waals surface area contributed by atoms with E-state index in [2.05, 4.69) is 28.1 Å². The van der Waals surface area contributed by atoms with E-state index in [0.29, 0.717) is 18.7 Å². The molecule has 2 aromatic carbocycles. The summed E-state index contributed by atoms with van der Waals surface area (Å²) in [6, 6.07) is 16.0. The number of aromatic nitrogens is 1. The van der Waals surface area contributed by atoms with Gasteiger partial charge in [-0.25, -0.2) is 4.39 Å². The zero-order chi connectivity index (χ0) is 17.2. The van der Waals surface area contributed by atoms with Crippen molar-refractivity contribution in [3.8, 4) is 0 Å². The molecule has 0 atom stereocenters. The van der Waals surface area contributed by atoms with Crippen LogP contribution in [0.3, 0.4) is 0 Å². The fourth-order valence-electron chi connectivity index (χ4n) is 3.30. The van der Waals surface area contributed by atoms with E-state index in [1.807, 2.05) is 12.1 Å². The van der Waals surface area contributed by atoms with Crippen molar-refractivity contribution >= 4 is 22.5 Å². The molecule has 126 valence electrons. The third kappa shape index (κ3) is 3.05. The molecule has 25 heavy (non-hydrogen) atoms. The van der Waals surface area contributed by atoms with Crippen LogP contribution in [0, 0.1) is 5.82 Å². The zero-order valence-electron chi connectivity index (χ0n) is 13.7. The standard InChI is InChI=1S/C20H18FN3O/c21-17-7-1-5-16(14-17)20(25)24-12-10-23(11-13-24)18-8-2-4-15-6-3-9-22-19(15)18/h1-9,14H,10-13H2. The Balaban J connectivity index is 1.50. The molecule has 1 fully saturated rings. The molecule has 0 radical (unpaired) electrons. The van der Waals surface area contributed by atoms with E-state index in [1.165, 1.54) is 12.1 Å². The van der Waals surface area contributed by atoms with E-state index in [1.54, 1.807) is 23.2 Å². The summed E-state index contributed by atoms with van der Waals surface area (Å²) in [5.41, 5.74) is 2.48. The van der Waals surface area contributed by atoms with Crippen molar-refractivity contribution in [2.45, 2.75) is 0 Å². The molecule has 1 aliphatic heterocycles. The van der Waals surface area contributed by atoms with Gasteiger partial charge in [0.2, 0.25) is 0 Å². The fraction of sp³-hybridized carbons (Fsp3) is 0.200. The van der Waals surface area contributed by atoms with Gasteiger partial charge in [-0.15, -0.1) is 0 Å². The molecule has 3 aromatic rings. The van der Waals surface area contributed by atoms with Crippen LogP contribution in [0.4, 0.5) is 10.1 Å². The summed E-state index contributed by atoms with van der Waals surface area (Å²) < 4.78 is 13.3. The first kappa shape index (κ1) is 15.6. The van der Waals surface area contributed by atoms with E-state index < -0.39 is 0 Å². The van der Waals surface area contributed by atoms with E-state index in [9.17, 15) is 9.18 Å². The number of para-hydroxylation sites is 1. The van der Waals surface area contributed by atoms with Gasteiger partial charge in [0, 0.05) is 43.3 Å². The zero-order valence-corrected chi connectivity index (χ0v) is 13.7. The van der Waals surface area contributed by atoms with Crippen LogP contribution in [0.25, 0.3) is 10.9 Å². The van der Waals surface area contributed by atoms with Gasteiger partial charge >= 0.3 is 0 Å². The number of hydrogen-bond acceptors (Lipinski definition) is 3. The lowest BCUT2D eigenvalue weighted by Gasteiger charge is -2.36. The first-order valence-corrected chi connectivity index (χ1v) is 8.36. The number of amides is 1. The van der Waals surface area contributed by atoms with Crippen LogP contribution in [0.15, 0.2) is 60.8 Å². The van der Waals surface area contributed by atoms with Gasteiger partial charge in [0.25, 0.3) is 5.91 Å². The molecule has 2 heterocycles. The smallest absolute Gasteiger partial charge is 0.254 e. The number of benzene rings is 2. The number of fused-ring (bicyclic) bond motifs is 1. The van der Waals surface area contributed by atoms with Crippen molar-refractivity contribution in [3.63, 3.8) is 0 Å². The van der Waals surface area contributed by atoms with Crippen molar-refractivity contribution in [1.29, 1.82) is 0 Å². The molecule has 0 unspecified atom stereocenters. The summed E-state index contributed by atoms with van der Waals surface area (Å²) in [5.74, 6) is -0.499. The Morgan fingerprint density at radius 3 is 2.52 bits per heavy atom. The largest absolute Gasteiger partial charge is 0.366 e. The van der Waals surface area contributed by atoms with E-state index in [-0.39, 0.29) is 11.7 Å². The molecular formula is C20H18FN3O. The average molecular weight is 335 g/mol. The lowest BCUT2D eigenvalue weighted by molar-refractivity contribution is 0.0746. The topological polar surface area (TPSA) is 36.4 Å². The summed E-state index contributed by atoms with van der Waals surface area (Å²) in [6.07, 6.45) is 1.80. The minimum atomic E-state index is -0.383. The predicted molar refractivity (Wildman–Crippen MR) is 96.3 cm³/mol. The first-order valence-electron chi connectivity index (χ1n) is 8.36. The van der Waals surface area contributed by atoms with Crippen molar-refractivity contribution in [1.82, 2.24) is 9.88 Å². The Kier molecular flexibility index (Phi) is 4.06. The summed E-state index contributed by atoms with van der Waals surface area (Å²) in [7, 11) is 0. The first-order chi connectivity index (χ1) is 12.2. The summed E-state index contributed by atoms with van der Waals surface area (Å²) in [6.45, 7) is 2.69. The Hall–Kier alpha value is -2.95. The molecule has 0 saturated carbocycles. The third-order valence-corrected chi connectivity index (χ3v) is 4.59. The van der Waals surface area contributed by atoms with E-state index in [0.717, 1.165) is 29.7 Å². The Morgan fingerprint density at radius 1 is 0.960 bits per heavy atom. The van der Waals surface area contributed by atoms with Crippen molar-refractivity contribution in [3.05, 3.63) is 72.2 Å². The van der Waals surface area contributed by atoms with Gasteiger partial charge in [0.15, 0.2) is 0 Å². The maximum absolute atomic E-state index is 13.3. The van der Waals surface area contributed by atoms with Crippen LogP contribution in [0.5, 0.6) is 0 Å². The minimum absolute atomic E-state index is 0.116. The quantitative estimate of drug-likeness (QED) is 0.721. The van der Waals surface area contributed by atoms with Gasteiger partial charge in [-0.2, -0.15) is 0 Å². The highest BCUT2D eigenvalue weighted by molar-refractivity contribution is 5.94. The average Bonchev–Trinajstić information content (AvgIpc) is 2.67. The Bertz CT molecular complexity index is 914. The number of pyridine rings is 1. The molecule has 0 bridgehead atoms. The molecule has 1 saturated heterocycles. The number of carbonyl (C=O) groups excluding carboxylic acids is 1. The second-order valence-corrected chi connectivity index (χ2v) is 6.14. The van der Waals surface area contributed by atoms with Gasteiger partial charge in [-0.1, -0.05) is 24.3 Å². The summed E-state index contributed by atoms with van der Waals surface area (Å²) in [4.78, 5) is 21.1. The predicted octanol–water partition coefficient (Wildman–Crippen LogP) is 3.34. The highest BCUT2D eigenvalue weighted by Gasteiger charge is 2.23. The number of piperazine rings is 1. The fourth-order valence-corrected chi connectivity index (χ4v) is 3.30. The number of carbonyl (C=O) groups is 1. The van der Waals surface area contributed by atoms with E-state index in [4.69, 9.17) is 0 Å². The highest BCUT2D eigenvalue weighted by Crippen LogP contribution is 2.26. The Morgan fingerprint density at radius 2 is 1.72 bits per heavy atom. The molecule has 0 aliphatic carbocycles. The molecular weight excluding hydrogens is 317 g/mol. The molecule has 0 N–H and O–H groups in total. The number of nitrogens with zero attached hydrogens (tertiary/aromatic N) is 3. The third-order valence-electron chi connectivity index (χ3n) is 4.59. The van der Waals surface area contributed by atoms with Gasteiger partial charge in [-0.05, 0) is 30.3 Å². The van der Waals surface area contributed by atoms with E-state index >= 15 is 0 Å². The maximum atomic E-state index is 13.3. The van der Waals surface area contributed by atoms with Crippen LogP contribution < -0.4 is 4.90 Å². The normalized spacial score (nSPS) is 14.8. The number of rotatable bonds is 2. The lowest BCUT2D eigenvalue weighted by atomic mass is 10.1. The molecule has 4 rings (SSSR count). The molecule has 5 heteroatoms. The lowest BCUT2D eigenvalue weighted by Crippen LogP contribution is -2.48. The van der Waals surface area contributed by atoms with Crippen molar-refractivity contribution in [2.75, 3.05) is 31.1 Å². The molecule has 0 spiro atoms. The van der Waals surface area contributed by atoms with Crippen molar-refractivity contribution in [2.24, 2.45) is 0 Å². The second-order valence-electron chi connectivity index (χ2n) is 6.14. The number of halogens is 1. The van der Waals surface area contributed by atoms with Crippen LogP contribution >= 0.6 is 0 Å². The van der Waals surface area contributed by atoms with Crippen LogP contribution in [0.2, 0.25) is 0 Å². The molecule has 1 aromatic heterocycles. The monoisotopic (exact) mass is 335 g/mol. The maximum Gasteiger partial charge on any atom is 0.254 e. The van der Waals surface area contributed by atoms with Crippen molar-refractivity contribution < 1.29 is 9.18 Å². The van der Waals surface area contributed by atoms with Gasteiger partial charge < -0.3 is 9.80 Å². The van der Waals surface area contributed by atoms with Crippen LogP contribution in [-0.4, -0.2) is 42.0 Å². The SMILES string of the molecule is O=C(c1cccc(F)c1)N1CCN(c2cccc3cccnc23)CC1. The summed E-state index contributed by atoms with van der Waals surface area (Å²) in [5, 5.41) is 1.11. The Labute approximate surface area is 145 Å². The van der Waals surface area contributed by atoms with Gasteiger partial charge in [-0.3, -0.25) is 9.78 Å². The van der Waals surface area contributed by atoms with Crippen LogP contribution in [0.1, 0.15) is 10.4 Å². The van der Waals surface area contributed by atoms with Gasteiger partial charge in [0.05, 0.1) is 11.2 Å². The summed E-state index contributed by atoms with van der Waals surface area (Å²) >= 11 is 0. The minimum Gasteiger partial charge on any atom is -0.366 e. The number of anilines is 1. The van der Waals surface area contributed by atoms with Gasteiger partial charge in [0.1, 0.15) is 5.82 Å². The highest BCUT2D eigenvalue weighted by atomic mass is 19.1. The molecule has 1 amide bonds. The molecule has 4 nitrogen and oxygen atoms in total. The molecule has 1 aliphatic rings. The number of hydrogen-bond donors (Lipinski definition) is 0. The second kappa shape index (κ2) is 6.51. The van der Waals surface area contributed by atoms with Crippen LogP contribution in [-0.2, 0) is 0 Å².